The Morgan fingerprint density at radius 1 is 1.21 bits per heavy atom. The van der Waals surface area contributed by atoms with E-state index in [4.69, 9.17) is 0 Å². The van der Waals surface area contributed by atoms with E-state index in [1.165, 1.54) is 10.5 Å². The van der Waals surface area contributed by atoms with E-state index in [1.54, 1.807) is 23.1 Å². The minimum atomic E-state index is 0.122. The molecule has 5 heteroatoms. The lowest BCUT2D eigenvalue weighted by Crippen LogP contribution is -2.35. The first kappa shape index (κ1) is 14.5. The molecule has 2 aromatic rings. The number of benzene rings is 1. The van der Waals surface area contributed by atoms with Crippen molar-refractivity contribution in [1.29, 1.82) is 0 Å². The van der Waals surface area contributed by atoms with Gasteiger partial charge in [0.15, 0.2) is 4.34 Å². The molecule has 0 atom stereocenters. The lowest BCUT2D eigenvalue weighted by Gasteiger charge is -2.21. The lowest BCUT2D eigenvalue weighted by molar-refractivity contribution is 0.422. The molecule has 0 fully saturated rings. The second kappa shape index (κ2) is 6.03. The number of hydrogen-bond donors (Lipinski definition) is 1. The molecule has 1 aromatic carbocycles. The first-order chi connectivity index (χ1) is 8.94. The van der Waals surface area contributed by atoms with Gasteiger partial charge >= 0.3 is 0 Å². The number of aryl methyl sites for hydroxylation is 1. The maximum Gasteiger partial charge on any atom is 0.179 e. The van der Waals surface area contributed by atoms with E-state index in [-0.39, 0.29) is 5.54 Å². The molecule has 3 nitrogen and oxygen atoms in total. The van der Waals surface area contributed by atoms with Crippen molar-refractivity contribution in [2.45, 2.75) is 49.0 Å². The third-order valence-electron chi connectivity index (χ3n) is 2.49. The second-order valence-electron chi connectivity index (χ2n) is 5.40. The standard InChI is InChI=1S/C14H19N3S2/c1-10-16-17-13(18-10)19-12-8-6-5-7-11(12)9-15-14(2,3)4/h5-8,15H,9H2,1-4H3. The van der Waals surface area contributed by atoms with Crippen molar-refractivity contribution in [1.82, 2.24) is 15.5 Å². The molecule has 1 N–H and O–H groups in total. The highest BCUT2D eigenvalue weighted by atomic mass is 32.2. The third-order valence-corrected chi connectivity index (χ3v) is 4.49. The second-order valence-corrected chi connectivity index (χ2v) is 7.87. The SMILES string of the molecule is Cc1nnc(Sc2ccccc2CNC(C)(C)C)s1. The Balaban J connectivity index is 2.12. The molecule has 0 aliphatic carbocycles. The van der Waals surface area contributed by atoms with Gasteiger partial charge in [-0.05, 0) is 39.3 Å². The average molecular weight is 293 g/mol. The fourth-order valence-electron chi connectivity index (χ4n) is 1.52. The van der Waals surface area contributed by atoms with E-state index in [0.29, 0.717) is 0 Å². The van der Waals surface area contributed by atoms with Gasteiger partial charge in [0.05, 0.1) is 0 Å². The average Bonchev–Trinajstić information content (AvgIpc) is 2.73. The van der Waals surface area contributed by atoms with E-state index in [1.807, 2.05) is 6.92 Å². The monoisotopic (exact) mass is 293 g/mol. The summed E-state index contributed by atoms with van der Waals surface area (Å²) in [6.07, 6.45) is 0. The Hall–Kier alpha value is -0.910. The molecule has 0 radical (unpaired) electrons. The van der Waals surface area contributed by atoms with Crippen molar-refractivity contribution in [3.8, 4) is 0 Å². The summed E-state index contributed by atoms with van der Waals surface area (Å²) in [6, 6.07) is 8.45. The van der Waals surface area contributed by atoms with E-state index in [0.717, 1.165) is 15.9 Å². The van der Waals surface area contributed by atoms with Crippen LogP contribution in [0.5, 0.6) is 0 Å². The fraction of sp³-hybridized carbons (Fsp3) is 0.429. The van der Waals surface area contributed by atoms with Gasteiger partial charge in [-0.3, -0.25) is 0 Å². The molecule has 0 aliphatic heterocycles. The predicted octanol–water partition coefficient (Wildman–Crippen LogP) is 3.89. The zero-order chi connectivity index (χ0) is 13.9. The Bertz CT molecular complexity index is 544. The molecular formula is C14H19N3S2. The molecule has 102 valence electrons. The van der Waals surface area contributed by atoms with Gasteiger partial charge in [-0.2, -0.15) is 0 Å². The Morgan fingerprint density at radius 3 is 2.58 bits per heavy atom. The largest absolute Gasteiger partial charge is 0.308 e. The van der Waals surface area contributed by atoms with Crippen molar-refractivity contribution in [2.75, 3.05) is 0 Å². The van der Waals surface area contributed by atoms with Gasteiger partial charge in [0, 0.05) is 17.0 Å². The van der Waals surface area contributed by atoms with E-state index in [9.17, 15) is 0 Å². The quantitative estimate of drug-likeness (QED) is 0.928. The first-order valence-electron chi connectivity index (χ1n) is 6.25. The highest BCUT2D eigenvalue weighted by Gasteiger charge is 2.11. The number of aromatic nitrogens is 2. The van der Waals surface area contributed by atoms with Gasteiger partial charge in [0.2, 0.25) is 0 Å². The minimum absolute atomic E-state index is 0.122. The molecular weight excluding hydrogens is 274 g/mol. The summed E-state index contributed by atoms with van der Waals surface area (Å²) in [5, 5.41) is 12.8. The first-order valence-corrected chi connectivity index (χ1v) is 7.88. The molecule has 0 bridgehead atoms. The van der Waals surface area contributed by atoms with Crippen molar-refractivity contribution in [3.63, 3.8) is 0 Å². The van der Waals surface area contributed by atoms with Crippen molar-refractivity contribution in [3.05, 3.63) is 34.8 Å². The third kappa shape index (κ3) is 4.60. The van der Waals surface area contributed by atoms with Crippen LogP contribution in [0, 0.1) is 6.92 Å². The molecule has 0 saturated carbocycles. The fourth-order valence-corrected chi connectivity index (χ4v) is 3.43. The van der Waals surface area contributed by atoms with E-state index >= 15 is 0 Å². The number of nitrogens with one attached hydrogen (secondary N) is 1. The zero-order valence-electron chi connectivity index (χ0n) is 11.7. The van der Waals surface area contributed by atoms with Gasteiger partial charge in [-0.15, -0.1) is 10.2 Å². The van der Waals surface area contributed by atoms with Gasteiger partial charge in [0.25, 0.3) is 0 Å². The van der Waals surface area contributed by atoms with E-state index in [2.05, 4.69) is 60.6 Å². The van der Waals surface area contributed by atoms with Crippen molar-refractivity contribution in [2.24, 2.45) is 0 Å². The van der Waals surface area contributed by atoms with Crippen molar-refractivity contribution < 1.29 is 0 Å². The summed E-state index contributed by atoms with van der Waals surface area (Å²) in [5.74, 6) is 0. The lowest BCUT2D eigenvalue weighted by atomic mass is 10.1. The van der Waals surface area contributed by atoms with Crippen molar-refractivity contribution >= 4 is 23.1 Å². The highest BCUT2D eigenvalue weighted by Crippen LogP contribution is 2.32. The van der Waals surface area contributed by atoms with Crippen LogP contribution in [0.1, 0.15) is 31.3 Å². The van der Waals surface area contributed by atoms with Gasteiger partial charge < -0.3 is 5.32 Å². The summed E-state index contributed by atoms with van der Waals surface area (Å²) >= 11 is 3.33. The number of hydrogen-bond acceptors (Lipinski definition) is 5. The zero-order valence-corrected chi connectivity index (χ0v) is 13.4. The molecule has 0 amide bonds. The molecule has 1 aromatic heterocycles. The van der Waals surface area contributed by atoms with Crippen LogP contribution in [0.3, 0.4) is 0 Å². The van der Waals surface area contributed by atoms with Crippen LogP contribution in [0.15, 0.2) is 33.5 Å². The number of rotatable bonds is 4. The summed E-state index contributed by atoms with van der Waals surface area (Å²) in [7, 11) is 0. The molecule has 1 heterocycles. The van der Waals surface area contributed by atoms with Crippen LogP contribution < -0.4 is 5.32 Å². The van der Waals surface area contributed by atoms with E-state index < -0.39 is 0 Å². The van der Waals surface area contributed by atoms with Gasteiger partial charge in [-0.25, -0.2) is 0 Å². The molecule has 0 aliphatic rings. The van der Waals surface area contributed by atoms with Crippen LogP contribution in [0.2, 0.25) is 0 Å². The minimum Gasteiger partial charge on any atom is -0.308 e. The van der Waals surface area contributed by atoms with Gasteiger partial charge in [-0.1, -0.05) is 41.3 Å². The Morgan fingerprint density at radius 2 is 1.95 bits per heavy atom. The smallest absolute Gasteiger partial charge is 0.179 e. The summed E-state index contributed by atoms with van der Waals surface area (Å²) < 4.78 is 1.00. The van der Waals surface area contributed by atoms with Crippen LogP contribution in [0.25, 0.3) is 0 Å². The molecule has 0 saturated heterocycles. The van der Waals surface area contributed by atoms with Crippen LogP contribution >= 0.6 is 23.1 Å². The summed E-state index contributed by atoms with van der Waals surface area (Å²) in [6.45, 7) is 9.38. The maximum atomic E-state index is 4.17. The normalized spacial score (nSPS) is 11.8. The molecule has 0 unspecified atom stereocenters. The van der Waals surface area contributed by atoms with Crippen LogP contribution in [-0.2, 0) is 6.54 Å². The maximum absolute atomic E-state index is 4.17. The summed E-state index contributed by atoms with van der Waals surface area (Å²) in [4.78, 5) is 1.25. The topological polar surface area (TPSA) is 37.8 Å². The Kier molecular flexibility index (Phi) is 4.60. The van der Waals surface area contributed by atoms with Gasteiger partial charge in [0.1, 0.15) is 5.01 Å². The molecule has 2 rings (SSSR count). The molecule has 0 spiro atoms. The number of nitrogens with zero attached hydrogens (tertiary/aromatic N) is 2. The van der Waals surface area contributed by atoms with Crippen LogP contribution in [0.4, 0.5) is 0 Å². The Labute approximate surface area is 122 Å². The highest BCUT2D eigenvalue weighted by molar-refractivity contribution is 8.01. The predicted molar refractivity (Wildman–Crippen MR) is 81.8 cm³/mol. The summed E-state index contributed by atoms with van der Waals surface area (Å²) in [5.41, 5.74) is 1.42. The molecule has 19 heavy (non-hydrogen) atoms. The van der Waals surface area contributed by atoms with Crippen LogP contribution in [-0.4, -0.2) is 15.7 Å².